The second-order valence-corrected chi connectivity index (χ2v) is 23.5. The number of rotatable bonds is 36. The van der Waals surface area contributed by atoms with Gasteiger partial charge in [0.2, 0.25) is 17.7 Å². The number of aliphatic hydroxyl groups is 4. The first kappa shape index (κ1) is 68.4. The third-order valence-electron chi connectivity index (χ3n) is 16.9. The number of nitrogens with two attached hydrogens (primary N) is 3. The van der Waals surface area contributed by atoms with E-state index >= 15 is 0 Å². The summed E-state index contributed by atoms with van der Waals surface area (Å²) in [6.45, 7) is 2.19. The fourth-order valence-electron chi connectivity index (χ4n) is 12.0. The average molecular weight is 1180 g/mol. The normalized spacial score (nSPS) is 21.7. The molecule has 0 aliphatic carbocycles. The van der Waals surface area contributed by atoms with Crippen LogP contribution in [0, 0.1) is 35.5 Å². The molecule has 3 aliphatic heterocycles. The maximum absolute atomic E-state index is 14.9. The van der Waals surface area contributed by atoms with E-state index in [2.05, 4.69) is 0 Å². The molecule has 0 aromatic heterocycles. The van der Waals surface area contributed by atoms with Crippen molar-refractivity contribution in [1.29, 1.82) is 0 Å². The van der Waals surface area contributed by atoms with Crippen LogP contribution in [0.15, 0.2) is 48.5 Å². The predicted octanol–water partition coefficient (Wildman–Crippen LogP) is 1.31. The third kappa shape index (κ3) is 19.3. The van der Waals surface area contributed by atoms with Crippen LogP contribution in [-0.4, -0.2) is 191 Å². The lowest BCUT2D eigenvalue weighted by Crippen LogP contribution is -2.52. The fourth-order valence-corrected chi connectivity index (χ4v) is 12.0. The number of phenolic OH excluding ortho intramolecular Hbond substituents is 2. The van der Waals surface area contributed by atoms with E-state index in [1.54, 1.807) is 12.1 Å². The Morgan fingerprint density at radius 2 is 1.04 bits per heavy atom. The number of ketones is 6. The lowest BCUT2D eigenvalue weighted by atomic mass is 9.80. The quantitative estimate of drug-likeness (QED) is 0.0430. The molecule has 2 aromatic rings. The van der Waals surface area contributed by atoms with Gasteiger partial charge in [-0.05, 0) is 114 Å². The molecule has 3 saturated heterocycles. The second kappa shape index (κ2) is 32.8. The van der Waals surface area contributed by atoms with Crippen LogP contribution < -0.4 is 17.2 Å². The summed E-state index contributed by atoms with van der Waals surface area (Å²) in [5.41, 5.74) is 18.2. The van der Waals surface area contributed by atoms with Crippen molar-refractivity contribution in [3.05, 3.63) is 59.7 Å². The molecule has 3 heterocycles. The predicted molar refractivity (Wildman–Crippen MR) is 305 cm³/mol. The second-order valence-electron chi connectivity index (χ2n) is 23.5. The number of carbonyl (C=O) groups is 10. The number of hydrogen-bond donors (Lipinski definition) is 10. The van der Waals surface area contributed by atoms with Crippen molar-refractivity contribution < 1.29 is 83.7 Å². The Labute approximate surface area is 490 Å². The number of carboxylic acids is 1. The average Bonchev–Trinajstić information content (AvgIpc) is 3.94. The van der Waals surface area contributed by atoms with E-state index in [1.807, 2.05) is 0 Å². The highest BCUT2D eigenvalue weighted by molar-refractivity contribution is 5.99. The van der Waals surface area contributed by atoms with E-state index in [4.69, 9.17) is 17.2 Å². The SMILES string of the molecule is CC(N)C(=O)CC(CCCCN)C(=O)N1CCCC1C(=O)CC(CO)C(=O)CC(Cc1ccc(O)cc1)C(=O)N1CC(O)CC1C(=O)N1CC(O)CC1C(=O)CC(C(=O)CC(Cc1ccc(O)cc1)C(=O)CC(CCCCN)C(=O)O)C(C)O. The van der Waals surface area contributed by atoms with Gasteiger partial charge in [-0.3, -0.25) is 47.9 Å². The molecule has 464 valence electrons. The highest BCUT2D eigenvalue weighted by atomic mass is 16.4. The lowest BCUT2D eigenvalue weighted by Gasteiger charge is -2.33. The number of nitrogens with zero attached hydrogens (tertiary/aromatic N) is 3. The molecule has 0 bridgehead atoms. The Kier molecular flexibility index (Phi) is 26.7. The van der Waals surface area contributed by atoms with E-state index in [0.29, 0.717) is 62.7 Å². The van der Waals surface area contributed by atoms with Gasteiger partial charge in [-0.25, -0.2) is 0 Å². The van der Waals surface area contributed by atoms with E-state index in [-0.39, 0.29) is 81.9 Å². The van der Waals surface area contributed by atoms with Gasteiger partial charge in [-0.1, -0.05) is 37.1 Å². The van der Waals surface area contributed by atoms with Gasteiger partial charge in [0.15, 0.2) is 11.6 Å². The number of carbonyl (C=O) groups excluding carboxylic acids is 9. The van der Waals surface area contributed by atoms with Crippen molar-refractivity contribution in [2.75, 3.05) is 39.3 Å². The molecule has 3 fully saturated rings. The van der Waals surface area contributed by atoms with Crippen LogP contribution in [0.3, 0.4) is 0 Å². The van der Waals surface area contributed by atoms with Crippen LogP contribution in [0.4, 0.5) is 0 Å². The number of aliphatic carboxylic acids is 1. The van der Waals surface area contributed by atoms with Crippen molar-refractivity contribution in [3.8, 4) is 11.5 Å². The summed E-state index contributed by atoms with van der Waals surface area (Å²) in [6, 6.07) is 7.10. The van der Waals surface area contributed by atoms with Crippen molar-refractivity contribution in [3.63, 3.8) is 0 Å². The van der Waals surface area contributed by atoms with Crippen LogP contribution in [-0.2, 0) is 60.8 Å². The number of aromatic hydroxyl groups is 2. The first-order chi connectivity index (χ1) is 39.9. The molecule has 23 heteroatoms. The van der Waals surface area contributed by atoms with E-state index in [1.165, 1.54) is 55.1 Å². The topological polar surface area (TPSA) is 400 Å². The summed E-state index contributed by atoms with van der Waals surface area (Å²) in [5, 5.41) is 73.7. The molecule has 3 amide bonds. The molecule has 13 N–H and O–H groups in total. The molecular formula is C61H88N6O17. The Bertz CT molecular complexity index is 2600. The number of likely N-dealkylation sites (tertiary alicyclic amines) is 3. The van der Waals surface area contributed by atoms with Crippen molar-refractivity contribution in [1.82, 2.24) is 14.7 Å². The number of hydrogen-bond acceptors (Lipinski definition) is 19. The third-order valence-corrected chi connectivity index (χ3v) is 16.9. The van der Waals surface area contributed by atoms with Crippen LogP contribution in [0.1, 0.15) is 128 Å². The minimum absolute atomic E-state index is 0.0349. The van der Waals surface area contributed by atoms with Crippen molar-refractivity contribution in [2.24, 2.45) is 52.7 Å². The number of β-amino-alcohol motifs (C(OH)–C–C–N with tert-alkyl or cyclic N) is 2. The molecule has 5 rings (SSSR count). The lowest BCUT2D eigenvalue weighted by molar-refractivity contribution is -0.149. The Hall–Kier alpha value is -6.34. The van der Waals surface area contributed by atoms with E-state index in [9.17, 15) is 83.7 Å². The molecule has 84 heavy (non-hydrogen) atoms. The summed E-state index contributed by atoms with van der Waals surface area (Å²) < 4.78 is 0. The van der Waals surface area contributed by atoms with Gasteiger partial charge in [-0.15, -0.1) is 0 Å². The number of aliphatic hydroxyl groups excluding tert-OH is 4. The molecule has 23 nitrogen and oxygen atoms in total. The van der Waals surface area contributed by atoms with Gasteiger partial charge < -0.3 is 67.6 Å². The maximum atomic E-state index is 14.9. The standard InChI is InChI=1S/C61H88N6O17/c1-35(64)52(74)24-39(8-3-5-19-62)58(80)65-21-7-10-49(65)56(78)28-43(34-68)54(76)27-42(23-38-13-17-45(71)18-14-38)59(81)67-33-47(73)30-51(67)60(82)66-32-46(72)29-50(66)57(79)31-48(36(2)69)55(77)26-41(22-37-11-15-44(70)16-12-37)53(75)25-40(61(83)84)9-4-6-20-63/h11-18,35-36,39-43,46-51,68-73H,3-10,19-34,62-64H2,1-2H3,(H,83,84). The summed E-state index contributed by atoms with van der Waals surface area (Å²) in [7, 11) is 0. The minimum atomic E-state index is -1.46. The molecular weight excluding hydrogens is 1090 g/mol. The van der Waals surface area contributed by atoms with Crippen LogP contribution in [0.25, 0.3) is 0 Å². The minimum Gasteiger partial charge on any atom is -0.508 e. The first-order valence-corrected chi connectivity index (χ1v) is 29.5. The fraction of sp³-hybridized carbons (Fsp3) is 0.639. The van der Waals surface area contributed by atoms with Crippen molar-refractivity contribution in [2.45, 2.75) is 172 Å². The highest BCUT2D eigenvalue weighted by Gasteiger charge is 2.49. The molecule has 13 unspecified atom stereocenters. The van der Waals surface area contributed by atoms with Gasteiger partial charge in [0.05, 0.1) is 54.9 Å². The maximum Gasteiger partial charge on any atom is 0.306 e. The number of phenols is 2. The van der Waals surface area contributed by atoms with Gasteiger partial charge in [0, 0.05) is 94.7 Å². The Morgan fingerprint density at radius 3 is 1.57 bits per heavy atom. The van der Waals surface area contributed by atoms with Crippen LogP contribution in [0.2, 0.25) is 0 Å². The van der Waals surface area contributed by atoms with E-state index in [0.717, 1.165) is 9.80 Å². The highest BCUT2D eigenvalue weighted by Crippen LogP contribution is 2.33. The number of unbranched alkanes of at least 4 members (excludes halogenated alkanes) is 2. The van der Waals surface area contributed by atoms with E-state index < -0.39 is 169 Å². The summed E-state index contributed by atoms with van der Waals surface area (Å²) in [5.74, 6) is -13.7. The molecule has 2 aromatic carbocycles. The van der Waals surface area contributed by atoms with Crippen LogP contribution in [0.5, 0.6) is 11.5 Å². The van der Waals surface area contributed by atoms with Crippen molar-refractivity contribution >= 4 is 58.4 Å². The first-order valence-electron chi connectivity index (χ1n) is 29.5. The molecule has 3 aliphatic rings. The zero-order valence-electron chi connectivity index (χ0n) is 48.4. The molecule has 0 saturated carbocycles. The number of amides is 3. The summed E-state index contributed by atoms with van der Waals surface area (Å²) >= 11 is 0. The molecule has 0 spiro atoms. The van der Waals surface area contributed by atoms with Gasteiger partial charge in [-0.2, -0.15) is 0 Å². The Morgan fingerprint density at radius 1 is 0.560 bits per heavy atom. The Balaban J connectivity index is 1.34. The monoisotopic (exact) mass is 1180 g/mol. The summed E-state index contributed by atoms with van der Waals surface area (Å²) in [6.07, 6.45) is -4.02. The summed E-state index contributed by atoms with van der Waals surface area (Å²) in [4.78, 5) is 143. The zero-order chi connectivity index (χ0) is 61.9. The number of benzene rings is 2. The zero-order valence-corrected chi connectivity index (χ0v) is 48.4. The van der Waals surface area contributed by atoms with Gasteiger partial charge >= 0.3 is 5.97 Å². The number of Topliss-reactive ketones (excluding diaryl/α,β-unsaturated/α-hetero) is 6. The van der Waals surface area contributed by atoms with Gasteiger partial charge in [0.1, 0.15) is 40.7 Å². The number of carboxylic acid groups (broad SMARTS) is 1. The smallest absolute Gasteiger partial charge is 0.306 e. The molecule has 0 radical (unpaired) electrons. The van der Waals surface area contributed by atoms with Gasteiger partial charge in [0.25, 0.3) is 0 Å². The molecule has 13 atom stereocenters. The van der Waals surface area contributed by atoms with Crippen LogP contribution >= 0.6 is 0 Å². The largest absolute Gasteiger partial charge is 0.508 e.